The second kappa shape index (κ2) is 6.79. The molecular weight excluding hydrogens is 378 g/mol. The lowest BCUT2D eigenvalue weighted by molar-refractivity contribution is 0.359. The number of furan rings is 1. The molecule has 4 rings (SSSR count). The minimum absolute atomic E-state index is 0.0937. The number of aromatic nitrogens is 1. The SMILES string of the molecule is O=S(=O)(c1ccc(-c2ccno2)o1)N1CCN(c2ccc(Cl)cc2)CC1. The third-order valence-electron chi connectivity index (χ3n) is 4.29. The van der Waals surface area contributed by atoms with Crippen molar-refractivity contribution in [1.82, 2.24) is 9.46 Å². The van der Waals surface area contributed by atoms with Gasteiger partial charge < -0.3 is 13.8 Å². The maximum atomic E-state index is 12.8. The summed E-state index contributed by atoms with van der Waals surface area (Å²) in [5.41, 5.74) is 1.03. The zero-order valence-electron chi connectivity index (χ0n) is 13.7. The van der Waals surface area contributed by atoms with E-state index in [1.165, 1.54) is 16.6 Å². The molecule has 0 spiro atoms. The summed E-state index contributed by atoms with van der Waals surface area (Å²) >= 11 is 5.91. The quantitative estimate of drug-likeness (QED) is 0.677. The smallest absolute Gasteiger partial charge is 0.276 e. The summed E-state index contributed by atoms with van der Waals surface area (Å²) < 4.78 is 37.5. The zero-order valence-corrected chi connectivity index (χ0v) is 15.3. The van der Waals surface area contributed by atoms with Crippen molar-refractivity contribution >= 4 is 27.3 Å². The number of piperazine rings is 1. The Kier molecular flexibility index (Phi) is 4.47. The van der Waals surface area contributed by atoms with Crippen LogP contribution in [0.5, 0.6) is 0 Å². The largest absolute Gasteiger partial charge is 0.440 e. The second-order valence-electron chi connectivity index (χ2n) is 5.86. The van der Waals surface area contributed by atoms with Crippen LogP contribution >= 0.6 is 11.6 Å². The van der Waals surface area contributed by atoms with Gasteiger partial charge in [-0.05, 0) is 36.4 Å². The number of rotatable bonds is 4. The normalized spacial score (nSPS) is 16.1. The standard InChI is InChI=1S/C17H16ClN3O4S/c18-13-1-3-14(4-2-13)20-9-11-21(12-10-20)26(22,23)17-6-5-15(24-17)16-7-8-19-25-16/h1-8H,9-12H2. The van der Waals surface area contributed by atoms with Crippen molar-refractivity contribution in [2.24, 2.45) is 0 Å². The van der Waals surface area contributed by atoms with Crippen molar-refractivity contribution in [1.29, 1.82) is 0 Å². The molecule has 7 nitrogen and oxygen atoms in total. The van der Waals surface area contributed by atoms with Gasteiger partial charge in [0.15, 0.2) is 5.76 Å². The van der Waals surface area contributed by atoms with Crippen molar-refractivity contribution in [3.05, 3.63) is 53.7 Å². The first-order valence-corrected chi connectivity index (χ1v) is 9.87. The lowest BCUT2D eigenvalue weighted by Crippen LogP contribution is -2.48. The van der Waals surface area contributed by atoms with Crippen LogP contribution in [0.15, 0.2) is 62.7 Å². The van der Waals surface area contributed by atoms with Gasteiger partial charge in [-0.3, -0.25) is 0 Å². The predicted molar refractivity (Wildman–Crippen MR) is 96.6 cm³/mol. The summed E-state index contributed by atoms with van der Waals surface area (Å²) in [6.07, 6.45) is 1.47. The van der Waals surface area contributed by atoms with Crippen molar-refractivity contribution in [3.8, 4) is 11.5 Å². The van der Waals surface area contributed by atoms with Gasteiger partial charge in [0.1, 0.15) is 0 Å². The summed E-state index contributed by atoms with van der Waals surface area (Å²) in [4.78, 5) is 2.13. The van der Waals surface area contributed by atoms with Crippen LogP contribution in [0.2, 0.25) is 5.02 Å². The van der Waals surface area contributed by atoms with Gasteiger partial charge in [-0.1, -0.05) is 16.8 Å². The van der Waals surface area contributed by atoms with Gasteiger partial charge in [0, 0.05) is 43.0 Å². The van der Waals surface area contributed by atoms with Crippen LogP contribution < -0.4 is 4.90 Å². The molecule has 0 bridgehead atoms. The van der Waals surface area contributed by atoms with E-state index in [9.17, 15) is 8.42 Å². The molecule has 0 N–H and O–H groups in total. The van der Waals surface area contributed by atoms with Crippen LogP contribution in [-0.4, -0.2) is 44.1 Å². The molecule has 1 fully saturated rings. The maximum Gasteiger partial charge on any atom is 0.276 e. The highest BCUT2D eigenvalue weighted by atomic mass is 35.5. The van der Waals surface area contributed by atoms with Gasteiger partial charge in [-0.2, -0.15) is 4.31 Å². The molecule has 1 aromatic carbocycles. The van der Waals surface area contributed by atoms with Gasteiger partial charge in [0.25, 0.3) is 10.0 Å². The van der Waals surface area contributed by atoms with Crippen LogP contribution in [0.3, 0.4) is 0 Å². The maximum absolute atomic E-state index is 12.8. The molecule has 2 aromatic heterocycles. The monoisotopic (exact) mass is 393 g/mol. The number of sulfonamides is 1. The van der Waals surface area contributed by atoms with Crippen LogP contribution in [0.25, 0.3) is 11.5 Å². The number of hydrogen-bond acceptors (Lipinski definition) is 6. The molecule has 3 heterocycles. The molecule has 0 radical (unpaired) electrons. The Hall–Kier alpha value is -2.29. The van der Waals surface area contributed by atoms with E-state index in [2.05, 4.69) is 10.1 Å². The zero-order chi connectivity index (χ0) is 18.1. The fraction of sp³-hybridized carbons (Fsp3) is 0.235. The second-order valence-corrected chi connectivity index (χ2v) is 8.17. The summed E-state index contributed by atoms with van der Waals surface area (Å²) in [6.45, 7) is 1.94. The fourth-order valence-electron chi connectivity index (χ4n) is 2.90. The van der Waals surface area contributed by atoms with Crippen molar-refractivity contribution in [3.63, 3.8) is 0 Å². The number of anilines is 1. The van der Waals surface area contributed by atoms with Gasteiger partial charge >= 0.3 is 0 Å². The highest BCUT2D eigenvalue weighted by Crippen LogP contribution is 2.27. The van der Waals surface area contributed by atoms with E-state index >= 15 is 0 Å². The first-order chi connectivity index (χ1) is 12.5. The summed E-state index contributed by atoms with van der Waals surface area (Å²) in [7, 11) is -3.69. The molecule has 0 atom stereocenters. The van der Waals surface area contributed by atoms with Crippen LogP contribution in [0.4, 0.5) is 5.69 Å². The average molecular weight is 394 g/mol. The Labute approximate surface area is 155 Å². The molecule has 9 heteroatoms. The van der Waals surface area contributed by atoms with Crippen molar-refractivity contribution in [2.45, 2.75) is 5.09 Å². The van der Waals surface area contributed by atoms with Crippen LogP contribution in [0.1, 0.15) is 0 Å². The van der Waals surface area contributed by atoms with E-state index in [0.29, 0.717) is 42.7 Å². The highest BCUT2D eigenvalue weighted by molar-refractivity contribution is 7.89. The lowest BCUT2D eigenvalue weighted by atomic mass is 10.2. The number of benzene rings is 1. The molecule has 0 aliphatic carbocycles. The molecule has 26 heavy (non-hydrogen) atoms. The fourth-order valence-corrected chi connectivity index (χ4v) is 4.36. The van der Waals surface area contributed by atoms with Crippen LogP contribution in [-0.2, 0) is 10.0 Å². The Morgan fingerprint density at radius 1 is 0.923 bits per heavy atom. The topological polar surface area (TPSA) is 79.8 Å². The van der Waals surface area contributed by atoms with E-state index in [4.69, 9.17) is 20.5 Å². The van der Waals surface area contributed by atoms with E-state index in [1.54, 1.807) is 12.1 Å². The van der Waals surface area contributed by atoms with E-state index < -0.39 is 10.0 Å². The van der Waals surface area contributed by atoms with E-state index in [-0.39, 0.29) is 5.09 Å². The third kappa shape index (κ3) is 3.23. The summed E-state index contributed by atoms with van der Waals surface area (Å²) in [5, 5.41) is 4.18. The first kappa shape index (κ1) is 17.1. The average Bonchev–Trinajstić information content (AvgIpc) is 3.34. The minimum Gasteiger partial charge on any atom is -0.440 e. The molecule has 0 unspecified atom stereocenters. The Morgan fingerprint density at radius 3 is 2.31 bits per heavy atom. The van der Waals surface area contributed by atoms with Crippen molar-refractivity contribution < 1.29 is 17.4 Å². The minimum atomic E-state index is -3.69. The molecule has 1 saturated heterocycles. The molecule has 1 aliphatic rings. The summed E-state index contributed by atoms with van der Waals surface area (Å²) in [5.74, 6) is 0.722. The summed E-state index contributed by atoms with van der Waals surface area (Å²) in [6, 6.07) is 12.1. The molecule has 3 aromatic rings. The van der Waals surface area contributed by atoms with Crippen molar-refractivity contribution in [2.75, 3.05) is 31.1 Å². The molecule has 136 valence electrons. The van der Waals surface area contributed by atoms with Gasteiger partial charge in [-0.25, -0.2) is 8.42 Å². The Morgan fingerprint density at radius 2 is 1.65 bits per heavy atom. The number of hydrogen-bond donors (Lipinski definition) is 0. The predicted octanol–water partition coefficient (Wildman–Crippen LogP) is 3.10. The molecule has 1 aliphatic heterocycles. The lowest BCUT2D eigenvalue weighted by Gasteiger charge is -2.34. The van der Waals surface area contributed by atoms with E-state index in [0.717, 1.165) is 5.69 Å². The van der Waals surface area contributed by atoms with Gasteiger partial charge in [0.2, 0.25) is 10.9 Å². The number of nitrogens with zero attached hydrogens (tertiary/aromatic N) is 3. The van der Waals surface area contributed by atoms with Crippen LogP contribution in [0, 0.1) is 0 Å². The molecular formula is C17H16ClN3O4S. The first-order valence-electron chi connectivity index (χ1n) is 8.05. The van der Waals surface area contributed by atoms with E-state index in [1.807, 2.05) is 24.3 Å². The Balaban J connectivity index is 1.47. The third-order valence-corrected chi connectivity index (χ3v) is 6.31. The van der Waals surface area contributed by atoms with Gasteiger partial charge in [-0.15, -0.1) is 0 Å². The molecule has 0 saturated carbocycles. The Bertz CT molecular complexity index is 975. The van der Waals surface area contributed by atoms with Gasteiger partial charge in [0.05, 0.1) is 6.20 Å². The molecule has 0 amide bonds. The number of halogens is 1. The highest BCUT2D eigenvalue weighted by Gasteiger charge is 2.31.